The van der Waals surface area contributed by atoms with Crippen LogP contribution in [0.25, 0.3) is 11.3 Å². The number of halogens is 1. The molecule has 1 aliphatic rings. The van der Waals surface area contributed by atoms with Crippen molar-refractivity contribution in [3.8, 4) is 11.3 Å². The monoisotopic (exact) mass is 348 g/mol. The molecule has 1 amide bonds. The van der Waals surface area contributed by atoms with Crippen molar-refractivity contribution < 1.29 is 9.32 Å². The lowest BCUT2D eigenvalue weighted by molar-refractivity contribution is -0.125. The standard InChI is InChI=1S/C16H17BrN2O2/c17-13-7-3-6-12(8-13)15-9-14(21-19-15)10-18-16(20)11-4-1-2-5-11/h3,6-9,11H,1-2,4-5,10H2,(H,18,20). The Morgan fingerprint density at radius 3 is 2.90 bits per heavy atom. The number of benzene rings is 1. The van der Waals surface area contributed by atoms with Crippen LogP contribution in [0, 0.1) is 5.92 Å². The summed E-state index contributed by atoms with van der Waals surface area (Å²) in [7, 11) is 0. The number of amides is 1. The van der Waals surface area contributed by atoms with Gasteiger partial charge in [0.15, 0.2) is 5.76 Å². The van der Waals surface area contributed by atoms with Gasteiger partial charge in [0.25, 0.3) is 0 Å². The highest BCUT2D eigenvalue weighted by Crippen LogP contribution is 2.25. The molecule has 3 rings (SSSR count). The lowest BCUT2D eigenvalue weighted by Crippen LogP contribution is -2.28. The summed E-state index contributed by atoms with van der Waals surface area (Å²) >= 11 is 3.44. The van der Waals surface area contributed by atoms with Crippen molar-refractivity contribution in [2.75, 3.05) is 0 Å². The first-order valence-electron chi connectivity index (χ1n) is 7.21. The minimum atomic E-state index is 0.132. The van der Waals surface area contributed by atoms with E-state index in [4.69, 9.17) is 4.52 Å². The van der Waals surface area contributed by atoms with E-state index in [1.807, 2.05) is 30.3 Å². The number of hydrogen-bond acceptors (Lipinski definition) is 3. The fraction of sp³-hybridized carbons (Fsp3) is 0.375. The lowest BCUT2D eigenvalue weighted by Gasteiger charge is -2.08. The van der Waals surface area contributed by atoms with E-state index in [2.05, 4.69) is 26.4 Å². The van der Waals surface area contributed by atoms with E-state index in [1.165, 1.54) is 0 Å². The molecule has 110 valence electrons. The second-order valence-corrected chi connectivity index (χ2v) is 6.30. The molecule has 21 heavy (non-hydrogen) atoms. The number of aromatic nitrogens is 1. The van der Waals surface area contributed by atoms with Gasteiger partial charge < -0.3 is 9.84 Å². The van der Waals surface area contributed by atoms with Crippen molar-refractivity contribution in [2.45, 2.75) is 32.2 Å². The van der Waals surface area contributed by atoms with E-state index in [0.29, 0.717) is 12.3 Å². The number of rotatable bonds is 4. The molecule has 1 saturated carbocycles. The van der Waals surface area contributed by atoms with Gasteiger partial charge in [-0.2, -0.15) is 0 Å². The van der Waals surface area contributed by atoms with Gasteiger partial charge in [0.1, 0.15) is 5.69 Å². The maximum absolute atomic E-state index is 12.0. The summed E-state index contributed by atoms with van der Waals surface area (Å²) in [5.74, 6) is 0.988. The maximum Gasteiger partial charge on any atom is 0.223 e. The molecular formula is C16H17BrN2O2. The molecule has 0 atom stereocenters. The molecule has 0 unspecified atom stereocenters. The quantitative estimate of drug-likeness (QED) is 0.911. The minimum Gasteiger partial charge on any atom is -0.359 e. The molecule has 1 fully saturated rings. The van der Waals surface area contributed by atoms with Crippen molar-refractivity contribution in [3.05, 3.63) is 40.6 Å². The zero-order valence-corrected chi connectivity index (χ0v) is 13.2. The Kier molecular flexibility index (Phi) is 4.39. The van der Waals surface area contributed by atoms with E-state index < -0.39 is 0 Å². The van der Waals surface area contributed by atoms with Crippen LogP contribution in [0.15, 0.2) is 39.3 Å². The van der Waals surface area contributed by atoms with Gasteiger partial charge >= 0.3 is 0 Å². The molecule has 1 heterocycles. The number of nitrogens with zero attached hydrogens (tertiary/aromatic N) is 1. The zero-order valence-electron chi connectivity index (χ0n) is 11.6. The van der Waals surface area contributed by atoms with Crippen LogP contribution in [0.2, 0.25) is 0 Å². The van der Waals surface area contributed by atoms with Gasteiger partial charge in [0.05, 0.1) is 6.54 Å². The van der Waals surface area contributed by atoms with Gasteiger partial charge in [-0.1, -0.05) is 46.1 Å². The third-order valence-electron chi connectivity index (χ3n) is 3.84. The Labute approximate surface area is 132 Å². The third-order valence-corrected chi connectivity index (χ3v) is 4.34. The normalized spacial score (nSPS) is 15.3. The molecule has 0 bridgehead atoms. The van der Waals surface area contributed by atoms with Crippen LogP contribution in [-0.2, 0) is 11.3 Å². The molecule has 0 spiro atoms. The van der Waals surface area contributed by atoms with Crippen molar-refractivity contribution in [3.63, 3.8) is 0 Å². The minimum absolute atomic E-state index is 0.132. The van der Waals surface area contributed by atoms with E-state index in [-0.39, 0.29) is 11.8 Å². The summed E-state index contributed by atoms with van der Waals surface area (Å²) in [6.45, 7) is 0.399. The molecule has 1 N–H and O–H groups in total. The number of carbonyl (C=O) groups excluding carboxylic acids is 1. The van der Waals surface area contributed by atoms with Gasteiger partial charge in [-0.05, 0) is 25.0 Å². The van der Waals surface area contributed by atoms with Crippen molar-refractivity contribution >= 4 is 21.8 Å². The van der Waals surface area contributed by atoms with Crippen molar-refractivity contribution in [1.82, 2.24) is 10.5 Å². The van der Waals surface area contributed by atoms with Crippen LogP contribution in [0.4, 0.5) is 0 Å². The Bertz CT molecular complexity index is 633. The van der Waals surface area contributed by atoms with Crippen LogP contribution in [0.1, 0.15) is 31.4 Å². The third kappa shape index (κ3) is 3.53. The smallest absolute Gasteiger partial charge is 0.223 e. The number of carbonyl (C=O) groups is 1. The van der Waals surface area contributed by atoms with Gasteiger partial charge in [-0.15, -0.1) is 0 Å². The number of hydrogen-bond donors (Lipinski definition) is 1. The number of nitrogens with one attached hydrogen (secondary N) is 1. The molecule has 0 saturated heterocycles. The van der Waals surface area contributed by atoms with Crippen LogP contribution >= 0.6 is 15.9 Å². The predicted octanol–water partition coefficient (Wildman–Crippen LogP) is 3.91. The Balaban J connectivity index is 1.61. The van der Waals surface area contributed by atoms with E-state index in [0.717, 1.165) is 41.4 Å². The summed E-state index contributed by atoms with van der Waals surface area (Å²) < 4.78 is 6.29. The summed E-state index contributed by atoms with van der Waals surface area (Å²) in [6.07, 6.45) is 4.33. The first-order valence-corrected chi connectivity index (χ1v) is 8.01. The maximum atomic E-state index is 12.0. The van der Waals surface area contributed by atoms with Crippen LogP contribution in [-0.4, -0.2) is 11.1 Å². The van der Waals surface area contributed by atoms with E-state index in [9.17, 15) is 4.79 Å². The van der Waals surface area contributed by atoms with Crippen LogP contribution < -0.4 is 5.32 Å². The lowest BCUT2D eigenvalue weighted by atomic mass is 10.1. The van der Waals surface area contributed by atoms with Crippen molar-refractivity contribution in [2.24, 2.45) is 5.92 Å². The Morgan fingerprint density at radius 1 is 1.33 bits per heavy atom. The SMILES string of the molecule is O=C(NCc1cc(-c2cccc(Br)c2)no1)C1CCCC1. The average molecular weight is 349 g/mol. The summed E-state index contributed by atoms with van der Waals surface area (Å²) in [5, 5.41) is 6.99. The molecule has 0 aliphatic heterocycles. The molecular weight excluding hydrogens is 332 g/mol. The molecule has 1 aromatic carbocycles. The summed E-state index contributed by atoms with van der Waals surface area (Å²) in [6, 6.07) is 9.75. The molecule has 0 radical (unpaired) electrons. The Hall–Kier alpha value is -1.62. The topological polar surface area (TPSA) is 55.1 Å². The highest BCUT2D eigenvalue weighted by molar-refractivity contribution is 9.10. The molecule has 4 nitrogen and oxygen atoms in total. The zero-order chi connectivity index (χ0) is 14.7. The fourth-order valence-electron chi connectivity index (χ4n) is 2.69. The van der Waals surface area contributed by atoms with Gasteiger partial charge in [-0.3, -0.25) is 4.79 Å². The van der Waals surface area contributed by atoms with Crippen molar-refractivity contribution in [1.29, 1.82) is 0 Å². The largest absolute Gasteiger partial charge is 0.359 e. The van der Waals surface area contributed by atoms with Gasteiger partial charge in [0, 0.05) is 22.0 Å². The molecule has 5 heteroatoms. The second kappa shape index (κ2) is 6.43. The van der Waals surface area contributed by atoms with Gasteiger partial charge in [-0.25, -0.2) is 0 Å². The molecule has 2 aromatic rings. The molecule has 1 aliphatic carbocycles. The van der Waals surface area contributed by atoms with Gasteiger partial charge in [0.2, 0.25) is 5.91 Å². The highest BCUT2D eigenvalue weighted by atomic mass is 79.9. The van der Waals surface area contributed by atoms with E-state index in [1.54, 1.807) is 0 Å². The van der Waals surface area contributed by atoms with Crippen LogP contribution in [0.5, 0.6) is 0 Å². The molecule has 1 aromatic heterocycles. The predicted molar refractivity (Wildman–Crippen MR) is 83.4 cm³/mol. The first kappa shape index (κ1) is 14.3. The van der Waals surface area contributed by atoms with E-state index >= 15 is 0 Å². The summed E-state index contributed by atoms with van der Waals surface area (Å²) in [4.78, 5) is 12.0. The highest BCUT2D eigenvalue weighted by Gasteiger charge is 2.22. The second-order valence-electron chi connectivity index (χ2n) is 5.39. The average Bonchev–Trinajstić information content (AvgIpc) is 3.16. The summed E-state index contributed by atoms with van der Waals surface area (Å²) in [5.41, 5.74) is 1.77. The first-order chi connectivity index (χ1) is 10.2. The van der Waals surface area contributed by atoms with Crippen LogP contribution in [0.3, 0.4) is 0 Å². The Morgan fingerprint density at radius 2 is 2.14 bits per heavy atom. The fourth-order valence-corrected chi connectivity index (χ4v) is 3.09.